The molecule has 0 saturated heterocycles. The first-order chi connectivity index (χ1) is 9.60. The number of thiocarbonyl (C=S) groups is 1. The van der Waals surface area contributed by atoms with Crippen molar-refractivity contribution in [2.75, 3.05) is 17.7 Å². The number of rotatable bonds is 4. The highest BCUT2D eigenvalue weighted by Crippen LogP contribution is 2.27. The van der Waals surface area contributed by atoms with Gasteiger partial charge >= 0.3 is 0 Å². The van der Waals surface area contributed by atoms with Gasteiger partial charge in [-0.05, 0) is 42.5 Å². The Morgan fingerprint density at radius 2 is 2.15 bits per heavy atom. The van der Waals surface area contributed by atoms with Crippen LogP contribution in [0.4, 0.5) is 11.4 Å². The molecule has 2 rings (SSSR count). The third-order valence-electron chi connectivity index (χ3n) is 2.46. The Bertz CT molecular complexity index is 626. The third kappa shape index (κ3) is 3.27. The second-order valence-electron chi connectivity index (χ2n) is 3.84. The molecule has 1 heterocycles. The van der Waals surface area contributed by atoms with Crippen LogP contribution in [0.2, 0.25) is 0 Å². The summed E-state index contributed by atoms with van der Waals surface area (Å²) in [6.07, 6.45) is 1.43. The molecule has 104 valence electrons. The van der Waals surface area contributed by atoms with Crippen molar-refractivity contribution in [1.29, 1.82) is 0 Å². The number of hydrogen-bond donors (Lipinski definition) is 3. The van der Waals surface area contributed by atoms with E-state index in [1.54, 1.807) is 30.3 Å². The van der Waals surface area contributed by atoms with Crippen LogP contribution >= 0.6 is 12.2 Å². The lowest BCUT2D eigenvalue weighted by atomic mass is 10.2. The topological polar surface area (TPSA) is 89.5 Å². The second-order valence-corrected chi connectivity index (χ2v) is 4.28. The van der Waals surface area contributed by atoms with Crippen molar-refractivity contribution in [1.82, 2.24) is 0 Å². The number of amides is 1. The highest BCUT2D eigenvalue weighted by atomic mass is 32.1. The summed E-state index contributed by atoms with van der Waals surface area (Å²) < 4.78 is 10.2. The van der Waals surface area contributed by atoms with E-state index in [4.69, 9.17) is 27.1 Å². The molecule has 4 N–H and O–H groups in total. The standard InChI is InChI=1S/C13H13N3O3S/c1-18-10-5-4-8(7-9(10)16-13(14)20)15-12(17)11-3-2-6-19-11/h2-7H,1H3,(H,15,17)(H3,14,16,20). The van der Waals surface area contributed by atoms with Crippen molar-refractivity contribution in [2.45, 2.75) is 0 Å². The molecule has 0 aliphatic heterocycles. The second kappa shape index (κ2) is 6.07. The predicted molar refractivity (Wildman–Crippen MR) is 80.1 cm³/mol. The van der Waals surface area contributed by atoms with E-state index in [2.05, 4.69) is 10.6 Å². The molecule has 0 bridgehead atoms. The number of nitrogens with two attached hydrogens (primary N) is 1. The number of carbonyl (C=O) groups is 1. The maximum atomic E-state index is 11.9. The maximum absolute atomic E-state index is 11.9. The molecule has 1 amide bonds. The molecule has 0 spiro atoms. The van der Waals surface area contributed by atoms with Crippen LogP contribution in [-0.2, 0) is 0 Å². The molecule has 0 saturated carbocycles. The lowest BCUT2D eigenvalue weighted by molar-refractivity contribution is 0.0996. The summed E-state index contributed by atoms with van der Waals surface area (Å²) in [4.78, 5) is 11.9. The number of carbonyl (C=O) groups excluding carboxylic acids is 1. The highest BCUT2D eigenvalue weighted by molar-refractivity contribution is 7.80. The molecule has 0 unspecified atom stereocenters. The van der Waals surface area contributed by atoms with Crippen LogP contribution in [0.5, 0.6) is 5.75 Å². The van der Waals surface area contributed by atoms with Crippen molar-refractivity contribution in [3.8, 4) is 5.75 Å². The van der Waals surface area contributed by atoms with E-state index >= 15 is 0 Å². The molecule has 1 aromatic carbocycles. The fourth-order valence-electron chi connectivity index (χ4n) is 1.62. The molecule has 0 radical (unpaired) electrons. The number of benzene rings is 1. The fraction of sp³-hybridized carbons (Fsp3) is 0.0769. The number of anilines is 2. The van der Waals surface area contributed by atoms with Gasteiger partial charge < -0.3 is 25.5 Å². The zero-order valence-corrected chi connectivity index (χ0v) is 11.5. The van der Waals surface area contributed by atoms with Crippen LogP contribution in [0.3, 0.4) is 0 Å². The van der Waals surface area contributed by atoms with Gasteiger partial charge in [-0.1, -0.05) is 0 Å². The molecule has 1 aromatic heterocycles. The molecule has 6 nitrogen and oxygen atoms in total. The predicted octanol–water partition coefficient (Wildman–Crippen LogP) is 2.20. The number of hydrogen-bond acceptors (Lipinski definition) is 4. The zero-order chi connectivity index (χ0) is 14.5. The van der Waals surface area contributed by atoms with Gasteiger partial charge in [-0.25, -0.2) is 0 Å². The molecule has 0 atom stereocenters. The molecule has 7 heteroatoms. The van der Waals surface area contributed by atoms with Crippen molar-refractivity contribution < 1.29 is 13.9 Å². The van der Waals surface area contributed by atoms with Crippen LogP contribution in [0.1, 0.15) is 10.6 Å². The summed E-state index contributed by atoms with van der Waals surface area (Å²) in [5, 5.41) is 5.59. The lowest BCUT2D eigenvalue weighted by Gasteiger charge is -2.12. The fourth-order valence-corrected chi connectivity index (χ4v) is 1.73. The summed E-state index contributed by atoms with van der Waals surface area (Å²) in [5.41, 5.74) is 6.57. The van der Waals surface area contributed by atoms with Gasteiger partial charge in [0.05, 0.1) is 19.1 Å². The van der Waals surface area contributed by atoms with E-state index in [0.717, 1.165) is 0 Å². The Balaban J connectivity index is 2.20. The van der Waals surface area contributed by atoms with E-state index < -0.39 is 0 Å². The van der Waals surface area contributed by atoms with Crippen molar-refractivity contribution in [2.24, 2.45) is 5.73 Å². The number of methoxy groups -OCH3 is 1. The van der Waals surface area contributed by atoms with Crippen LogP contribution < -0.4 is 21.1 Å². The van der Waals surface area contributed by atoms with E-state index in [-0.39, 0.29) is 16.8 Å². The molecule has 0 fully saturated rings. The molecule has 2 aromatic rings. The van der Waals surface area contributed by atoms with Gasteiger partial charge in [0.1, 0.15) is 5.75 Å². The van der Waals surface area contributed by atoms with Crippen molar-refractivity contribution in [3.05, 3.63) is 42.4 Å². The SMILES string of the molecule is COc1ccc(NC(=O)c2ccco2)cc1NC(N)=S. The average molecular weight is 291 g/mol. The van der Waals surface area contributed by atoms with Gasteiger partial charge in [-0.3, -0.25) is 4.79 Å². The molecule has 0 aliphatic carbocycles. The maximum Gasteiger partial charge on any atom is 0.291 e. The van der Waals surface area contributed by atoms with Gasteiger partial charge in [-0.15, -0.1) is 0 Å². The van der Waals surface area contributed by atoms with Gasteiger partial charge in [0.15, 0.2) is 10.9 Å². The smallest absolute Gasteiger partial charge is 0.291 e. The zero-order valence-electron chi connectivity index (χ0n) is 10.7. The number of furan rings is 1. The van der Waals surface area contributed by atoms with Gasteiger partial charge in [-0.2, -0.15) is 0 Å². The van der Waals surface area contributed by atoms with Gasteiger partial charge in [0, 0.05) is 5.69 Å². The summed E-state index contributed by atoms with van der Waals surface area (Å²) in [5.74, 6) is 0.444. The van der Waals surface area contributed by atoms with E-state index in [1.807, 2.05) is 0 Å². The minimum absolute atomic E-state index is 0.109. The van der Waals surface area contributed by atoms with Crippen LogP contribution in [-0.4, -0.2) is 18.1 Å². The van der Waals surface area contributed by atoms with Crippen LogP contribution in [0.15, 0.2) is 41.0 Å². The Morgan fingerprint density at radius 1 is 1.35 bits per heavy atom. The normalized spacial score (nSPS) is 9.85. The van der Waals surface area contributed by atoms with Crippen molar-refractivity contribution in [3.63, 3.8) is 0 Å². The molecular formula is C13H13N3O3S. The highest BCUT2D eigenvalue weighted by Gasteiger charge is 2.11. The molecule has 20 heavy (non-hydrogen) atoms. The summed E-state index contributed by atoms with van der Waals surface area (Å²) >= 11 is 4.79. The average Bonchev–Trinajstić information content (AvgIpc) is 2.92. The summed E-state index contributed by atoms with van der Waals surface area (Å²) in [6.45, 7) is 0. The van der Waals surface area contributed by atoms with E-state index in [0.29, 0.717) is 17.1 Å². The van der Waals surface area contributed by atoms with Crippen molar-refractivity contribution >= 4 is 34.6 Å². The number of nitrogens with one attached hydrogen (secondary N) is 2. The first-order valence-electron chi connectivity index (χ1n) is 5.69. The summed E-state index contributed by atoms with van der Waals surface area (Å²) in [7, 11) is 1.53. The molecular weight excluding hydrogens is 278 g/mol. The van der Waals surface area contributed by atoms with E-state index in [1.165, 1.54) is 13.4 Å². The number of ether oxygens (including phenoxy) is 1. The first kappa shape index (κ1) is 13.9. The Hall–Kier alpha value is -2.54. The van der Waals surface area contributed by atoms with Gasteiger partial charge in [0.25, 0.3) is 5.91 Å². The third-order valence-corrected chi connectivity index (χ3v) is 2.56. The quantitative estimate of drug-likeness (QED) is 0.748. The monoisotopic (exact) mass is 291 g/mol. The summed E-state index contributed by atoms with van der Waals surface area (Å²) in [6, 6.07) is 8.28. The Morgan fingerprint density at radius 3 is 2.75 bits per heavy atom. The Kier molecular flexibility index (Phi) is 4.21. The van der Waals surface area contributed by atoms with Crippen LogP contribution in [0.25, 0.3) is 0 Å². The Labute approximate surface area is 120 Å². The lowest BCUT2D eigenvalue weighted by Crippen LogP contribution is -2.19. The van der Waals surface area contributed by atoms with E-state index in [9.17, 15) is 4.79 Å². The van der Waals surface area contributed by atoms with Crippen LogP contribution in [0, 0.1) is 0 Å². The molecule has 0 aliphatic rings. The van der Waals surface area contributed by atoms with Gasteiger partial charge in [0.2, 0.25) is 0 Å². The minimum Gasteiger partial charge on any atom is -0.495 e. The minimum atomic E-state index is -0.346. The first-order valence-corrected chi connectivity index (χ1v) is 6.10. The largest absolute Gasteiger partial charge is 0.495 e.